The van der Waals surface area contributed by atoms with E-state index in [9.17, 15) is 4.79 Å². The average Bonchev–Trinajstić information content (AvgIpc) is 2.51. The van der Waals surface area contributed by atoms with Gasteiger partial charge in [-0.25, -0.2) is 4.79 Å². The summed E-state index contributed by atoms with van der Waals surface area (Å²) in [5.74, 6) is -0.307. The highest BCUT2D eigenvalue weighted by Gasteiger charge is 2.09. The summed E-state index contributed by atoms with van der Waals surface area (Å²) < 4.78 is 4.56. The zero-order chi connectivity index (χ0) is 9.14. The van der Waals surface area contributed by atoms with Gasteiger partial charge in [0.25, 0.3) is 0 Å². The van der Waals surface area contributed by atoms with Crippen LogP contribution in [-0.4, -0.2) is 13.1 Å². The fourth-order valence-corrected chi connectivity index (χ4v) is 1.65. The number of carbonyl (C=O) groups excluding carboxylic acids is 1. The molecule has 1 aromatic heterocycles. The van der Waals surface area contributed by atoms with Crippen LogP contribution in [-0.2, 0) is 4.74 Å². The van der Waals surface area contributed by atoms with E-state index in [0.717, 1.165) is 4.88 Å². The van der Waals surface area contributed by atoms with Crippen LogP contribution >= 0.6 is 11.3 Å². The Balaban J connectivity index is 2.84. The number of rotatable bonds is 2. The second-order valence-corrected chi connectivity index (χ2v) is 3.46. The summed E-state index contributed by atoms with van der Waals surface area (Å²) in [5.41, 5.74) is 6.21. The van der Waals surface area contributed by atoms with Gasteiger partial charge in [-0.1, -0.05) is 0 Å². The van der Waals surface area contributed by atoms with Crippen molar-refractivity contribution >= 4 is 17.3 Å². The Bertz CT molecular complexity index is 280. The minimum absolute atomic E-state index is 0.0200. The topological polar surface area (TPSA) is 52.3 Å². The Morgan fingerprint density at radius 3 is 2.83 bits per heavy atom. The molecule has 0 bridgehead atoms. The molecule has 0 spiro atoms. The molecule has 0 aliphatic rings. The molecule has 0 saturated carbocycles. The lowest BCUT2D eigenvalue weighted by molar-refractivity contribution is 0.0601. The van der Waals surface area contributed by atoms with Crippen LogP contribution in [0.25, 0.3) is 0 Å². The van der Waals surface area contributed by atoms with Gasteiger partial charge in [-0.05, 0) is 13.0 Å². The molecule has 1 aromatic rings. The fourth-order valence-electron chi connectivity index (χ4n) is 0.816. The summed E-state index contributed by atoms with van der Waals surface area (Å²) in [4.78, 5) is 12.0. The lowest BCUT2D eigenvalue weighted by Gasteiger charge is -1.97. The Labute approximate surface area is 75.1 Å². The number of hydrogen-bond acceptors (Lipinski definition) is 4. The Hall–Kier alpha value is -0.870. The fraction of sp³-hybridized carbons (Fsp3) is 0.375. The Kier molecular flexibility index (Phi) is 2.83. The van der Waals surface area contributed by atoms with E-state index >= 15 is 0 Å². The van der Waals surface area contributed by atoms with Gasteiger partial charge in [0.2, 0.25) is 0 Å². The standard InChI is InChI=1S/C8H11NO2S/c1-5(9)7-3-6(4-12-7)8(10)11-2/h3-5H,9H2,1-2H3/t5-/m0/s1. The van der Waals surface area contributed by atoms with Crippen LogP contribution in [0.3, 0.4) is 0 Å². The van der Waals surface area contributed by atoms with Gasteiger partial charge >= 0.3 is 5.97 Å². The predicted octanol–water partition coefficient (Wildman–Crippen LogP) is 1.55. The molecule has 1 rings (SSSR count). The predicted molar refractivity (Wildman–Crippen MR) is 48.3 cm³/mol. The highest BCUT2D eigenvalue weighted by Crippen LogP contribution is 2.20. The zero-order valence-corrected chi connectivity index (χ0v) is 7.85. The monoisotopic (exact) mass is 185 g/mol. The summed E-state index contributed by atoms with van der Waals surface area (Å²) in [6.07, 6.45) is 0. The second-order valence-electron chi connectivity index (χ2n) is 2.52. The maximum absolute atomic E-state index is 11.0. The van der Waals surface area contributed by atoms with Crippen molar-refractivity contribution in [3.8, 4) is 0 Å². The highest BCUT2D eigenvalue weighted by atomic mass is 32.1. The van der Waals surface area contributed by atoms with Gasteiger partial charge in [-0.3, -0.25) is 0 Å². The summed E-state index contributed by atoms with van der Waals surface area (Å²) >= 11 is 1.48. The molecule has 4 heteroatoms. The summed E-state index contributed by atoms with van der Waals surface area (Å²) in [5, 5.41) is 1.75. The number of nitrogens with two attached hydrogens (primary N) is 1. The third-order valence-corrected chi connectivity index (χ3v) is 2.62. The van der Waals surface area contributed by atoms with Crippen molar-refractivity contribution in [3.63, 3.8) is 0 Å². The number of carbonyl (C=O) groups is 1. The highest BCUT2D eigenvalue weighted by molar-refractivity contribution is 7.10. The van der Waals surface area contributed by atoms with Crippen LogP contribution in [0, 0.1) is 0 Å². The van der Waals surface area contributed by atoms with E-state index in [1.807, 2.05) is 6.92 Å². The van der Waals surface area contributed by atoms with Gasteiger partial charge in [0, 0.05) is 16.3 Å². The first-order valence-electron chi connectivity index (χ1n) is 3.57. The van der Waals surface area contributed by atoms with Crippen molar-refractivity contribution in [2.45, 2.75) is 13.0 Å². The normalized spacial score (nSPS) is 12.6. The summed E-state index contributed by atoms with van der Waals surface area (Å²) in [7, 11) is 1.37. The van der Waals surface area contributed by atoms with E-state index in [0.29, 0.717) is 5.56 Å². The van der Waals surface area contributed by atoms with E-state index in [1.165, 1.54) is 18.4 Å². The maximum Gasteiger partial charge on any atom is 0.338 e. The zero-order valence-electron chi connectivity index (χ0n) is 7.03. The molecular formula is C8H11NO2S. The van der Waals surface area contributed by atoms with E-state index in [4.69, 9.17) is 5.73 Å². The molecule has 0 fully saturated rings. The number of thiophene rings is 1. The van der Waals surface area contributed by atoms with Gasteiger partial charge in [-0.2, -0.15) is 0 Å². The lowest BCUT2D eigenvalue weighted by atomic mass is 10.2. The number of hydrogen-bond donors (Lipinski definition) is 1. The number of methoxy groups -OCH3 is 1. The maximum atomic E-state index is 11.0. The van der Waals surface area contributed by atoms with Gasteiger partial charge in [0.1, 0.15) is 0 Å². The first kappa shape index (κ1) is 9.22. The molecule has 2 N–H and O–H groups in total. The van der Waals surface area contributed by atoms with Gasteiger partial charge in [0.05, 0.1) is 12.7 Å². The van der Waals surface area contributed by atoms with Crippen molar-refractivity contribution < 1.29 is 9.53 Å². The summed E-state index contributed by atoms with van der Waals surface area (Å²) in [6, 6.07) is 1.75. The van der Waals surface area contributed by atoms with Crippen LogP contribution < -0.4 is 5.73 Å². The Morgan fingerprint density at radius 2 is 2.42 bits per heavy atom. The molecule has 0 aliphatic carbocycles. The molecule has 1 atom stereocenters. The van der Waals surface area contributed by atoms with Crippen molar-refractivity contribution in [1.82, 2.24) is 0 Å². The first-order valence-corrected chi connectivity index (χ1v) is 4.45. The molecule has 0 unspecified atom stereocenters. The van der Waals surface area contributed by atoms with Gasteiger partial charge in [-0.15, -0.1) is 11.3 Å². The van der Waals surface area contributed by atoms with E-state index in [2.05, 4.69) is 4.74 Å². The first-order chi connectivity index (χ1) is 5.65. The largest absolute Gasteiger partial charge is 0.465 e. The molecular weight excluding hydrogens is 174 g/mol. The molecule has 1 heterocycles. The molecule has 0 radical (unpaired) electrons. The SMILES string of the molecule is COC(=O)c1csc([C@H](C)N)c1. The van der Waals surface area contributed by atoms with Gasteiger partial charge < -0.3 is 10.5 Å². The smallest absolute Gasteiger partial charge is 0.338 e. The second kappa shape index (κ2) is 3.69. The number of esters is 1. The lowest BCUT2D eigenvalue weighted by Crippen LogP contribution is -2.03. The molecule has 0 aromatic carbocycles. The van der Waals surface area contributed by atoms with Crippen LogP contribution in [0.5, 0.6) is 0 Å². The molecule has 0 aliphatic heterocycles. The Morgan fingerprint density at radius 1 is 1.75 bits per heavy atom. The molecule has 0 saturated heterocycles. The minimum atomic E-state index is -0.307. The molecule has 12 heavy (non-hydrogen) atoms. The minimum Gasteiger partial charge on any atom is -0.465 e. The van der Waals surface area contributed by atoms with E-state index < -0.39 is 0 Å². The van der Waals surface area contributed by atoms with Crippen LogP contribution in [0.4, 0.5) is 0 Å². The average molecular weight is 185 g/mol. The van der Waals surface area contributed by atoms with E-state index in [1.54, 1.807) is 11.4 Å². The third-order valence-electron chi connectivity index (χ3n) is 1.49. The van der Waals surface area contributed by atoms with Crippen LogP contribution in [0.2, 0.25) is 0 Å². The van der Waals surface area contributed by atoms with Crippen LogP contribution in [0.1, 0.15) is 28.2 Å². The summed E-state index contributed by atoms with van der Waals surface area (Å²) in [6.45, 7) is 1.88. The quantitative estimate of drug-likeness (QED) is 0.711. The molecule has 3 nitrogen and oxygen atoms in total. The number of ether oxygens (including phenoxy) is 1. The van der Waals surface area contributed by atoms with E-state index in [-0.39, 0.29) is 12.0 Å². The molecule has 0 amide bonds. The van der Waals surface area contributed by atoms with Crippen molar-refractivity contribution in [2.75, 3.05) is 7.11 Å². The molecule has 66 valence electrons. The van der Waals surface area contributed by atoms with Crippen molar-refractivity contribution in [1.29, 1.82) is 0 Å². The van der Waals surface area contributed by atoms with Crippen molar-refractivity contribution in [2.24, 2.45) is 5.73 Å². The third kappa shape index (κ3) is 1.84. The van der Waals surface area contributed by atoms with Crippen LogP contribution in [0.15, 0.2) is 11.4 Å². The van der Waals surface area contributed by atoms with Crippen molar-refractivity contribution in [3.05, 3.63) is 21.9 Å². The van der Waals surface area contributed by atoms with Gasteiger partial charge in [0.15, 0.2) is 0 Å².